The van der Waals surface area contributed by atoms with Crippen LogP contribution in [-0.2, 0) is 4.79 Å². The van der Waals surface area contributed by atoms with E-state index in [9.17, 15) is 10.1 Å². The molecule has 26 heavy (non-hydrogen) atoms. The molecule has 7 nitrogen and oxygen atoms in total. The molecule has 2 N–H and O–H groups in total. The molecule has 1 fully saturated rings. The van der Waals surface area contributed by atoms with Gasteiger partial charge in [-0.05, 0) is 38.8 Å². The van der Waals surface area contributed by atoms with E-state index in [0.29, 0.717) is 30.8 Å². The Morgan fingerprint density at radius 3 is 2.81 bits per heavy atom. The summed E-state index contributed by atoms with van der Waals surface area (Å²) in [5, 5.41) is 24.6. The van der Waals surface area contributed by atoms with Crippen LogP contribution in [0.5, 0.6) is 0 Å². The molecule has 0 saturated carbocycles. The number of rotatable bonds is 6. The van der Waals surface area contributed by atoms with E-state index in [1.54, 1.807) is 18.3 Å². The minimum absolute atomic E-state index is 0.0817. The number of anilines is 1. The van der Waals surface area contributed by atoms with Crippen molar-refractivity contribution in [2.24, 2.45) is 0 Å². The second-order valence-electron chi connectivity index (χ2n) is 6.81. The second kappa shape index (κ2) is 8.34. The summed E-state index contributed by atoms with van der Waals surface area (Å²) in [7, 11) is 0. The van der Waals surface area contributed by atoms with Gasteiger partial charge < -0.3 is 15.5 Å². The molecule has 1 saturated heterocycles. The maximum Gasteiger partial charge on any atom is 0.238 e. The Balaban J connectivity index is 1.93. The molecule has 1 aliphatic heterocycles. The highest BCUT2D eigenvalue weighted by atomic mass is 16.2. The number of nitrogens with one attached hydrogen (secondary N) is 2. The van der Waals surface area contributed by atoms with Gasteiger partial charge in [-0.3, -0.25) is 4.79 Å². The van der Waals surface area contributed by atoms with Crippen molar-refractivity contribution in [2.75, 3.05) is 18.4 Å². The van der Waals surface area contributed by atoms with Gasteiger partial charge in [0.25, 0.3) is 0 Å². The van der Waals surface area contributed by atoms with Crippen molar-refractivity contribution in [3.63, 3.8) is 0 Å². The largest absolute Gasteiger partial charge is 0.367 e. The van der Waals surface area contributed by atoms with E-state index in [1.807, 2.05) is 13.8 Å². The summed E-state index contributed by atoms with van der Waals surface area (Å²) < 4.78 is 0. The molecule has 2 atom stereocenters. The number of aromatic nitrogens is 1. The zero-order valence-corrected chi connectivity index (χ0v) is 15.0. The molecular weight excluding hydrogens is 328 g/mol. The minimum atomic E-state index is -0.460. The third-order valence-electron chi connectivity index (χ3n) is 4.36. The monoisotopic (exact) mass is 350 g/mol. The van der Waals surface area contributed by atoms with E-state index < -0.39 is 11.6 Å². The summed E-state index contributed by atoms with van der Waals surface area (Å²) in [6.45, 7) is 4.42. The van der Waals surface area contributed by atoms with Gasteiger partial charge in [-0.25, -0.2) is 4.98 Å². The highest BCUT2D eigenvalue weighted by molar-refractivity contribution is 5.80. The highest BCUT2D eigenvalue weighted by Gasteiger charge is 2.36. The van der Waals surface area contributed by atoms with Crippen LogP contribution in [0, 0.1) is 35.0 Å². The summed E-state index contributed by atoms with van der Waals surface area (Å²) >= 11 is 0. The topological polar surface area (TPSA) is 105 Å². The lowest BCUT2D eigenvalue weighted by Crippen LogP contribution is -2.52. The van der Waals surface area contributed by atoms with E-state index >= 15 is 0 Å². The molecule has 1 aliphatic rings. The highest BCUT2D eigenvalue weighted by Crippen LogP contribution is 2.23. The van der Waals surface area contributed by atoms with Crippen LogP contribution in [0.15, 0.2) is 18.3 Å². The first kappa shape index (κ1) is 19.2. The second-order valence-corrected chi connectivity index (χ2v) is 6.81. The van der Waals surface area contributed by atoms with Gasteiger partial charge >= 0.3 is 0 Å². The number of terminal acetylenes is 1. The van der Waals surface area contributed by atoms with Gasteiger partial charge in [0.05, 0.1) is 24.2 Å². The molecule has 7 heteroatoms. The van der Waals surface area contributed by atoms with Crippen LogP contribution in [0.3, 0.4) is 0 Å². The number of nitriles is 2. The molecule has 2 heterocycles. The average molecular weight is 350 g/mol. The molecule has 0 bridgehead atoms. The number of nitrogens with zero attached hydrogens (tertiary/aromatic N) is 4. The summed E-state index contributed by atoms with van der Waals surface area (Å²) in [5.74, 6) is 2.92. The lowest BCUT2D eigenvalue weighted by atomic mass is 10.1. The molecule has 0 aliphatic carbocycles. The maximum absolute atomic E-state index is 12.5. The molecule has 0 spiro atoms. The van der Waals surface area contributed by atoms with Crippen LogP contribution in [0.4, 0.5) is 5.82 Å². The summed E-state index contributed by atoms with van der Waals surface area (Å²) in [5.41, 5.74) is 0.0260. The van der Waals surface area contributed by atoms with Crippen LogP contribution in [-0.4, -0.2) is 46.5 Å². The first-order chi connectivity index (χ1) is 12.4. The van der Waals surface area contributed by atoms with Crippen molar-refractivity contribution in [2.45, 2.75) is 44.3 Å². The Morgan fingerprint density at radius 1 is 1.42 bits per heavy atom. The smallest absolute Gasteiger partial charge is 0.238 e. The quantitative estimate of drug-likeness (QED) is 0.748. The van der Waals surface area contributed by atoms with Crippen LogP contribution >= 0.6 is 0 Å². The number of pyridine rings is 1. The van der Waals surface area contributed by atoms with Gasteiger partial charge in [0.1, 0.15) is 17.9 Å². The number of carbonyl (C=O) groups excluding carboxylic acids is 1. The molecule has 2 rings (SSSR count). The fourth-order valence-corrected chi connectivity index (χ4v) is 2.86. The summed E-state index contributed by atoms with van der Waals surface area (Å²) in [6, 6.07) is 6.85. The third-order valence-corrected chi connectivity index (χ3v) is 4.36. The molecule has 134 valence electrons. The Labute approximate surface area is 154 Å². The number of hydrogen-bond acceptors (Lipinski definition) is 6. The molecule has 0 unspecified atom stereocenters. The Morgan fingerprint density at radius 2 is 2.15 bits per heavy atom. The number of carbonyl (C=O) groups is 1. The van der Waals surface area contributed by atoms with Crippen molar-refractivity contribution in [1.82, 2.24) is 15.2 Å². The Kier molecular flexibility index (Phi) is 6.17. The van der Waals surface area contributed by atoms with Gasteiger partial charge in [0.15, 0.2) is 0 Å². The maximum atomic E-state index is 12.5. The van der Waals surface area contributed by atoms with Gasteiger partial charge in [0.2, 0.25) is 5.91 Å². The van der Waals surface area contributed by atoms with Crippen molar-refractivity contribution >= 4 is 11.7 Å². The van der Waals surface area contributed by atoms with Crippen molar-refractivity contribution < 1.29 is 4.79 Å². The molecular formula is C19H22N6O. The predicted molar refractivity (Wildman–Crippen MR) is 97.6 cm³/mol. The summed E-state index contributed by atoms with van der Waals surface area (Å²) in [4.78, 5) is 18.2. The standard InChI is InChI=1S/C19H22N6O/c1-4-15-7-8-16(11-21)25(15)17(26)12-24-19(2,3)13-23-18-14(10-20)6-5-9-22-18/h1,5-6,9,15-16,24H,7-8,12-13H2,2-3H3,(H,22,23)/t15-,16-/m0/s1. The van der Waals surface area contributed by atoms with Crippen LogP contribution < -0.4 is 10.6 Å². The minimum Gasteiger partial charge on any atom is -0.367 e. The van der Waals surface area contributed by atoms with Gasteiger partial charge in [-0.2, -0.15) is 10.5 Å². The zero-order valence-electron chi connectivity index (χ0n) is 15.0. The SMILES string of the molecule is C#C[C@H]1CC[C@@H](C#N)N1C(=O)CNC(C)(C)CNc1ncccc1C#N. The van der Waals surface area contributed by atoms with E-state index in [0.717, 1.165) is 0 Å². The van der Waals surface area contributed by atoms with Crippen LogP contribution in [0.2, 0.25) is 0 Å². The first-order valence-electron chi connectivity index (χ1n) is 8.43. The third kappa shape index (κ3) is 4.51. The molecule has 1 aromatic rings. The van der Waals surface area contributed by atoms with E-state index in [1.165, 1.54) is 4.90 Å². The van der Waals surface area contributed by atoms with Gasteiger partial charge in [0, 0.05) is 18.3 Å². The van der Waals surface area contributed by atoms with E-state index in [-0.39, 0.29) is 18.5 Å². The number of hydrogen-bond donors (Lipinski definition) is 2. The molecule has 0 radical (unpaired) electrons. The zero-order chi connectivity index (χ0) is 19.2. The molecule has 0 aromatic carbocycles. The lowest BCUT2D eigenvalue weighted by molar-refractivity contribution is -0.131. The molecule has 1 aromatic heterocycles. The average Bonchev–Trinajstić information content (AvgIpc) is 3.08. The first-order valence-corrected chi connectivity index (χ1v) is 8.43. The van der Waals surface area contributed by atoms with Crippen molar-refractivity contribution in [3.8, 4) is 24.5 Å². The van der Waals surface area contributed by atoms with Gasteiger partial charge in [-0.1, -0.05) is 5.92 Å². The van der Waals surface area contributed by atoms with Gasteiger partial charge in [-0.15, -0.1) is 6.42 Å². The Bertz CT molecular complexity index is 760. The Hall–Kier alpha value is -3.08. The van der Waals surface area contributed by atoms with Crippen LogP contribution in [0.25, 0.3) is 0 Å². The number of likely N-dealkylation sites (tertiary alicyclic amines) is 1. The summed E-state index contributed by atoms with van der Waals surface area (Å²) in [6.07, 6.45) is 8.36. The van der Waals surface area contributed by atoms with Crippen molar-refractivity contribution in [1.29, 1.82) is 10.5 Å². The lowest BCUT2D eigenvalue weighted by Gasteiger charge is -2.30. The van der Waals surface area contributed by atoms with Crippen LogP contribution in [0.1, 0.15) is 32.3 Å². The van der Waals surface area contributed by atoms with Crippen molar-refractivity contribution in [3.05, 3.63) is 23.9 Å². The van der Waals surface area contributed by atoms with E-state index in [2.05, 4.69) is 33.7 Å². The predicted octanol–water partition coefficient (Wildman–Crippen LogP) is 1.25. The fourth-order valence-electron chi connectivity index (χ4n) is 2.86. The van der Waals surface area contributed by atoms with E-state index in [4.69, 9.17) is 11.7 Å². The molecule has 1 amide bonds. The normalized spacial score (nSPS) is 19.3. The number of amides is 1. The fraction of sp³-hybridized carbons (Fsp3) is 0.474.